The number of hydrogen-bond acceptors (Lipinski definition) is 7. The zero-order valence-corrected chi connectivity index (χ0v) is 12.8. The fraction of sp³-hybridized carbons (Fsp3) is 0.500. The van der Waals surface area contributed by atoms with Crippen molar-refractivity contribution in [3.63, 3.8) is 0 Å². The molecule has 2 rings (SSSR count). The van der Waals surface area contributed by atoms with Crippen molar-refractivity contribution in [2.24, 2.45) is 5.10 Å². The number of carbonyl (C=O) groups is 2. The van der Waals surface area contributed by atoms with E-state index < -0.39 is 11.9 Å². The van der Waals surface area contributed by atoms with Gasteiger partial charge < -0.3 is 14.6 Å². The summed E-state index contributed by atoms with van der Waals surface area (Å²) in [6.45, 7) is 3.15. The maximum atomic E-state index is 12.2. The molecule has 23 heavy (non-hydrogen) atoms. The number of nitrogens with zero attached hydrogens (tertiary/aromatic N) is 4. The Kier molecular flexibility index (Phi) is 5.68. The Morgan fingerprint density at radius 2 is 2.22 bits per heavy atom. The molecule has 0 unspecified atom stereocenters. The number of anilines is 1. The van der Waals surface area contributed by atoms with Gasteiger partial charge in [0.05, 0.1) is 12.9 Å². The molecule has 9 nitrogen and oxygen atoms in total. The first-order valence-corrected chi connectivity index (χ1v) is 7.41. The van der Waals surface area contributed by atoms with Crippen molar-refractivity contribution in [3.05, 3.63) is 12.0 Å². The Balaban J connectivity index is 2.08. The molecule has 2 N–H and O–H groups in total. The molecule has 1 fully saturated rings. The van der Waals surface area contributed by atoms with Crippen molar-refractivity contribution in [1.82, 2.24) is 14.9 Å². The highest BCUT2D eigenvalue weighted by Crippen LogP contribution is 2.12. The lowest BCUT2D eigenvalue weighted by molar-refractivity contribution is -0.124. The molecule has 9 heteroatoms. The number of aromatic amines is 1. The van der Waals surface area contributed by atoms with Crippen LogP contribution in [0.5, 0.6) is 0 Å². The van der Waals surface area contributed by atoms with Crippen molar-refractivity contribution in [2.45, 2.75) is 26.2 Å². The molecule has 1 aliphatic heterocycles. The first kappa shape index (κ1) is 16.5. The van der Waals surface area contributed by atoms with Crippen LogP contribution in [0.3, 0.4) is 0 Å². The summed E-state index contributed by atoms with van der Waals surface area (Å²) in [4.78, 5) is 32.0. The number of nitriles is 1. The summed E-state index contributed by atoms with van der Waals surface area (Å²) in [7, 11) is 0. The lowest BCUT2D eigenvalue weighted by Gasteiger charge is -2.25. The van der Waals surface area contributed by atoms with Crippen molar-refractivity contribution in [2.75, 3.05) is 25.1 Å². The minimum absolute atomic E-state index is 0.0818. The van der Waals surface area contributed by atoms with Gasteiger partial charge in [-0.05, 0) is 26.2 Å². The molecule has 122 valence electrons. The minimum Gasteiger partial charge on any atom is -0.461 e. The van der Waals surface area contributed by atoms with E-state index in [1.807, 2.05) is 0 Å². The number of hydrazone groups is 1. The van der Waals surface area contributed by atoms with Crippen LogP contribution in [0.2, 0.25) is 0 Å². The van der Waals surface area contributed by atoms with Gasteiger partial charge in [-0.15, -0.1) is 0 Å². The van der Waals surface area contributed by atoms with Crippen molar-refractivity contribution in [1.29, 1.82) is 5.26 Å². The van der Waals surface area contributed by atoms with Crippen molar-refractivity contribution >= 4 is 23.4 Å². The zero-order valence-electron chi connectivity index (χ0n) is 12.8. The number of aromatic nitrogens is 2. The Labute approximate surface area is 133 Å². The molecule has 1 aromatic rings. The lowest BCUT2D eigenvalue weighted by atomic mass is 10.1. The van der Waals surface area contributed by atoms with Crippen LogP contribution in [0, 0.1) is 11.3 Å². The van der Waals surface area contributed by atoms with Gasteiger partial charge in [-0.1, -0.05) is 0 Å². The minimum atomic E-state index is -0.594. The molecule has 1 aliphatic rings. The third-order valence-corrected chi connectivity index (χ3v) is 3.34. The van der Waals surface area contributed by atoms with Crippen LogP contribution in [0.4, 0.5) is 5.82 Å². The highest BCUT2D eigenvalue weighted by atomic mass is 16.5. The fourth-order valence-electron chi connectivity index (χ4n) is 2.21. The van der Waals surface area contributed by atoms with Gasteiger partial charge in [0.1, 0.15) is 6.07 Å². The first-order chi connectivity index (χ1) is 11.2. The molecule has 0 saturated carbocycles. The summed E-state index contributed by atoms with van der Waals surface area (Å²) in [5.41, 5.74) is 2.29. The quantitative estimate of drug-likeness (QED) is 0.472. The van der Waals surface area contributed by atoms with E-state index in [0.717, 1.165) is 19.3 Å². The highest BCUT2D eigenvalue weighted by molar-refractivity contribution is 6.45. The van der Waals surface area contributed by atoms with Gasteiger partial charge in [0.25, 0.3) is 5.91 Å². The molecule has 0 aliphatic carbocycles. The van der Waals surface area contributed by atoms with Crippen LogP contribution in [0.15, 0.2) is 11.4 Å². The Bertz CT molecular complexity index is 639. The molecule has 0 bridgehead atoms. The van der Waals surface area contributed by atoms with Crippen molar-refractivity contribution in [3.8, 4) is 6.07 Å². The molecule has 2 heterocycles. The normalized spacial score (nSPS) is 15.0. The van der Waals surface area contributed by atoms with Crippen LogP contribution in [0.25, 0.3) is 0 Å². The first-order valence-electron chi connectivity index (χ1n) is 7.41. The molecule has 0 radical (unpaired) electrons. The van der Waals surface area contributed by atoms with Crippen LogP contribution >= 0.6 is 0 Å². The lowest BCUT2D eigenvalue weighted by Crippen LogP contribution is -2.39. The van der Waals surface area contributed by atoms with Crippen LogP contribution in [-0.2, 0) is 9.53 Å². The maximum absolute atomic E-state index is 12.2. The average Bonchev–Trinajstić information content (AvgIpc) is 3.05. The van der Waals surface area contributed by atoms with Gasteiger partial charge in [0.2, 0.25) is 5.71 Å². The third kappa shape index (κ3) is 4.06. The van der Waals surface area contributed by atoms with E-state index in [4.69, 9.17) is 10.00 Å². The third-order valence-electron chi connectivity index (χ3n) is 3.34. The summed E-state index contributed by atoms with van der Waals surface area (Å²) in [5.74, 6) is -0.917. The standard InChI is InChI=1S/C14H18N6O3/c1-2-23-14(22)11-12(17-9-16-11)19-18-10(8-15)13(21)20-6-4-3-5-7-20/h9,19H,2-7H2,1H3,(H,16,17)/b18-10-. The summed E-state index contributed by atoms with van der Waals surface area (Å²) in [6.07, 6.45) is 4.22. The van der Waals surface area contributed by atoms with Gasteiger partial charge >= 0.3 is 5.97 Å². The topological polar surface area (TPSA) is 123 Å². The molecular weight excluding hydrogens is 300 g/mol. The number of likely N-dealkylation sites (tertiary alicyclic amines) is 1. The Morgan fingerprint density at radius 3 is 2.87 bits per heavy atom. The number of carbonyl (C=O) groups excluding carboxylic acids is 2. The van der Waals surface area contributed by atoms with E-state index >= 15 is 0 Å². The average molecular weight is 318 g/mol. The number of imidazole rings is 1. The zero-order chi connectivity index (χ0) is 16.7. The summed E-state index contributed by atoms with van der Waals surface area (Å²) in [6, 6.07) is 1.78. The number of rotatable bonds is 5. The molecule has 0 aromatic carbocycles. The molecule has 1 saturated heterocycles. The fourth-order valence-corrected chi connectivity index (χ4v) is 2.21. The molecule has 0 spiro atoms. The molecular formula is C14H18N6O3. The van der Waals surface area contributed by atoms with E-state index in [0.29, 0.717) is 13.1 Å². The van der Waals surface area contributed by atoms with E-state index in [-0.39, 0.29) is 23.8 Å². The second kappa shape index (κ2) is 7.93. The predicted octanol–water partition coefficient (Wildman–Crippen LogP) is 0.890. The van der Waals surface area contributed by atoms with E-state index in [9.17, 15) is 9.59 Å². The van der Waals surface area contributed by atoms with Crippen LogP contribution in [0.1, 0.15) is 36.7 Å². The number of esters is 1. The predicted molar refractivity (Wildman–Crippen MR) is 81.6 cm³/mol. The van der Waals surface area contributed by atoms with Crippen LogP contribution in [-0.4, -0.2) is 52.2 Å². The largest absolute Gasteiger partial charge is 0.461 e. The maximum Gasteiger partial charge on any atom is 0.358 e. The highest BCUT2D eigenvalue weighted by Gasteiger charge is 2.22. The van der Waals surface area contributed by atoms with Gasteiger partial charge in [-0.3, -0.25) is 10.2 Å². The SMILES string of the molecule is CCOC(=O)c1[nH]cnc1N/N=C(/C#N)C(=O)N1CCCCC1. The second-order valence-electron chi connectivity index (χ2n) is 4.88. The van der Waals surface area contributed by atoms with E-state index in [1.54, 1.807) is 17.9 Å². The summed E-state index contributed by atoms with van der Waals surface area (Å²) >= 11 is 0. The van der Waals surface area contributed by atoms with Crippen molar-refractivity contribution < 1.29 is 14.3 Å². The smallest absolute Gasteiger partial charge is 0.358 e. The second-order valence-corrected chi connectivity index (χ2v) is 4.88. The van der Waals surface area contributed by atoms with Gasteiger partial charge in [0.15, 0.2) is 11.5 Å². The molecule has 1 aromatic heterocycles. The number of ether oxygens (including phenoxy) is 1. The van der Waals surface area contributed by atoms with E-state index in [2.05, 4.69) is 20.5 Å². The van der Waals surface area contributed by atoms with E-state index in [1.165, 1.54) is 6.33 Å². The molecule has 0 atom stereocenters. The number of hydrogen-bond donors (Lipinski definition) is 2. The Hall–Kier alpha value is -2.89. The van der Waals surface area contributed by atoms with Gasteiger partial charge in [-0.25, -0.2) is 9.78 Å². The summed E-state index contributed by atoms with van der Waals surface area (Å²) in [5, 5.41) is 12.9. The summed E-state index contributed by atoms with van der Waals surface area (Å²) < 4.78 is 4.86. The number of H-pyrrole nitrogens is 1. The number of nitrogens with one attached hydrogen (secondary N) is 2. The van der Waals surface area contributed by atoms with Gasteiger partial charge in [0, 0.05) is 13.1 Å². The number of piperidine rings is 1. The van der Waals surface area contributed by atoms with Crippen LogP contribution < -0.4 is 5.43 Å². The van der Waals surface area contributed by atoms with Gasteiger partial charge in [-0.2, -0.15) is 10.4 Å². The number of amides is 1. The molecule has 1 amide bonds. The monoisotopic (exact) mass is 318 g/mol. The Morgan fingerprint density at radius 1 is 1.48 bits per heavy atom.